The lowest BCUT2D eigenvalue weighted by Crippen LogP contribution is -2.30. The molecule has 6 heteroatoms. The van der Waals surface area contributed by atoms with Gasteiger partial charge in [0.15, 0.2) is 0 Å². The number of amides is 1. The standard InChI is InChI=1S/C19H17F2NO3/c20-17(21)13-7-4-8-14(9-13)18(23)22-10-15(16(11-22)19(24)25)12-5-2-1-3-6-12/h1-9,15-17H,10-11H2,(H,24,25). The number of nitrogens with zero attached hydrogens (tertiary/aromatic N) is 1. The number of aliphatic carboxylic acids is 1. The lowest BCUT2D eigenvalue weighted by molar-refractivity contribution is -0.141. The Morgan fingerprint density at radius 1 is 1.04 bits per heavy atom. The first-order valence-corrected chi connectivity index (χ1v) is 7.92. The quantitative estimate of drug-likeness (QED) is 0.922. The van der Waals surface area contributed by atoms with Gasteiger partial charge in [0.2, 0.25) is 0 Å². The molecule has 0 bridgehead atoms. The SMILES string of the molecule is O=C(O)C1CN(C(=O)c2cccc(C(F)F)c2)CC1c1ccccc1. The number of carboxylic acids is 1. The zero-order chi connectivity index (χ0) is 18.0. The van der Waals surface area contributed by atoms with Crippen molar-refractivity contribution in [3.8, 4) is 0 Å². The monoisotopic (exact) mass is 345 g/mol. The first-order chi connectivity index (χ1) is 12.0. The first-order valence-electron chi connectivity index (χ1n) is 7.92. The second-order valence-electron chi connectivity index (χ2n) is 6.10. The van der Waals surface area contributed by atoms with E-state index in [0.717, 1.165) is 5.56 Å². The summed E-state index contributed by atoms with van der Waals surface area (Å²) in [4.78, 5) is 25.7. The normalized spacial score (nSPS) is 20.0. The van der Waals surface area contributed by atoms with Crippen LogP contribution >= 0.6 is 0 Å². The predicted octanol–water partition coefficient (Wildman–Crippen LogP) is 3.56. The maximum atomic E-state index is 12.8. The molecule has 4 nitrogen and oxygen atoms in total. The fourth-order valence-corrected chi connectivity index (χ4v) is 3.25. The van der Waals surface area contributed by atoms with Crippen LogP contribution in [0.25, 0.3) is 0 Å². The van der Waals surface area contributed by atoms with Crippen LogP contribution in [0.3, 0.4) is 0 Å². The van der Waals surface area contributed by atoms with Gasteiger partial charge in [0.1, 0.15) is 0 Å². The summed E-state index contributed by atoms with van der Waals surface area (Å²) in [5.74, 6) is -2.43. The topological polar surface area (TPSA) is 57.6 Å². The van der Waals surface area contributed by atoms with Crippen molar-refractivity contribution in [3.63, 3.8) is 0 Å². The highest BCUT2D eigenvalue weighted by Crippen LogP contribution is 2.34. The molecule has 1 fully saturated rings. The van der Waals surface area contributed by atoms with Crippen molar-refractivity contribution in [2.24, 2.45) is 5.92 Å². The minimum atomic E-state index is -2.66. The van der Waals surface area contributed by atoms with Crippen LogP contribution in [0.4, 0.5) is 8.78 Å². The second kappa shape index (κ2) is 7.01. The van der Waals surface area contributed by atoms with Crippen LogP contribution in [0.15, 0.2) is 54.6 Å². The number of benzene rings is 2. The average Bonchev–Trinajstić information content (AvgIpc) is 3.07. The summed E-state index contributed by atoms with van der Waals surface area (Å²) < 4.78 is 25.7. The molecule has 1 amide bonds. The van der Waals surface area contributed by atoms with Gasteiger partial charge >= 0.3 is 5.97 Å². The van der Waals surface area contributed by atoms with E-state index < -0.39 is 24.2 Å². The fraction of sp³-hybridized carbons (Fsp3) is 0.263. The van der Waals surface area contributed by atoms with Crippen molar-refractivity contribution in [2.45, 2.75) is 12.3 Å². The Morgan fingerprint density at radius 3 is 2.40 bits per heavy atom. The number of halogens is 2. The fourth-order valence-electron chi connectivity index (χ4n) is 3.25. The molecule has 0 spiro atoms. The minimum absolute atomic E-state index is 0.0621. The van der Waals surface area contributed by atoms with Gasteiger partial charge in [-0.25, -0.2) is 8.78 Å². The Labute approximate surface area is 143 Å². The molecule has 2 aromatic carbocycles. The van der Waals surface area contributed by atoms with Gasteiger partial charge < -0.3 is 10.0 Å². The summed E-state index contributed by atoms with van der Waals surface area (Å²) >= 11 is 0. The number of carboxylic acid groups (broad SMARTS) is 1. The molecule has 1 aliphatic rings. The maximum absolute atomic E-state index is 12.8. The highest BCUT2D eigenvalue weighted by Gasteiger charge is 2.40. The van der Waals surface area contributed by atoms with Gasteiger partial charge in [-0.3, -0.25) is 9.59 Å². The molecule has 1 N–H and O–H groups in total. The van der Waals surface area contributed by atoms with Crippen LogP contribution in [0.1, 0.15) is 33.8 Å². The number of likely N-dealkylation sites (tertiary alicyclic amines) is 1. The summed E-state index contributed by atoms with van der Waals surface area (Å²) in [5, 5.41) is 9.49. The van der Waals surface area contributed by atoms with E-state index in [1.54, 1.807) is 0 Å². The number of alkyl halides is 2. The van der Waals surface area contributed by atoms with Gasteiger partial charge in [0.25, 0.3) is 12.3 Å². The third kappa shape index (κ3) is 3.52. The van der Waals surface area contributed by atoms with Gasteiger partial charge in [-0.1, -0.05) is 42.5 Å². The molecule has 1 heterocycles. The van der Waals surface area contributed by atoms with E-state index in [1.165, 1.54) is 29.2 Å². The van der Waals surface area contributed by atoms with Gasteiger partial charge in [0, 0.05) is 30.1 Å². The zero-order valence-corrected chi connectivity index (χ0v) is 13.3. The molecule has 2 aromatic rings. The molecule has 2 unspecified atom stereocenters. The van der Waals surface area contributed by atoms with E-state index in [0.29, 0.717) is 0 Å². The number of carbonyl (C=O) groups is 2. The van der Waals surface area contributed by atoms with E-state index in [-0.39, 0.29) is 30.1 Å². The highest BCUT2D eigenvalue weighted by atomic mass is 19.3. The molecule has 130 valence electrons. The van der Waals surface area contributed by atoms with Crippen LogP contribution in [-0.4, -0.2) is 35.0 Å². The molecular weight excluding hydrogens is 328 g/mol. The van der Waals surface area contributed by atoms with Gasteiger partial charge in [-0.15, -0.1) is 0 Å². The van der Waals surface area contributed by atoms with Crippen molar-refractivity contribution in [1.82, 2.24) is 4.90 Å². The van der Waals surface area contributed by atoms with Crippen molar-refractivity contribution in [1.29, 1.82) is 0 Å². The van der Waals surface area contributed by atoms with Crippen molar-refractivity contribution < 1.29 is 23.5 Å². The van der Waals surface area contributed by atoms with Crippen molar-refractivity contribution in [3.05, 3.63) is 71.3 Å². The number of carbonyl (C=O) groups excluding carboxylic acids is 1. The van der Waals surface area contributed by atoms with E-state index in [2.05, 4.69) is 0 Å². The van der Waals surface area contributed by atoms with Crippen LogP contribution in [0.5, 0.6) is 0 Å². The summed E-state index contributed by atoms with van der Waals surface area (Å²) in [5.41, 5.74) is 0.779. The van der Waals surface area contributed by atoms with Crippen molar-refractivity contribution >= 4 is 11.9 Å². The number of hydrogen-bond acceptors (Lipinski definition) is 2. The van der Waals surface area contributed by atoms with Gasteiger partial charge in [-0.05, 0) is 17.7 Å². The molecule has 0 radical (unpaired) electrons. The highest BCUT2D eigenvalue weighted by molar-refractivity contribution is 5.95. The molecule has 2 atom stereocenters. The summed E-state index contributed by atoms with van der Waals surface area (Å²) in [7, 11) is 0. The molecule has 0 aliphatic carbocycles. The summed E-state index contributed by atoms with van der Waals surface area (Å²) in [6.07, 6.45) is -2.66. The smallest absolute Gasteiger partial charge is 0.308 e. The maximum Gasteiger partial charge on any atom is 0.308 e. The molecular formula is C19H17F2NO3. The predicted molar refractivity (Wildman–Crippen MR) is 87.6 cm³/mol. The Morgan fingerprint density at radius 2 is 1.76 bits per heavy atom. The Hall–Kier alpha value is -2.76. The van der Waals surface area contributed by atoms with Crippen LogP contribution < -0.4 is 0 Å². The van der Waals surface area contributed by atoms with Crippen LogP contribution in [0.2, 0.25) is 0 Å². The van der Waals surface area contributed by atoms with E-state index in [9.17, 15) is 23.5 Å². The number of rotatable bonds is 4. The molecule has 0 aromatic heterocycles. The number of hydrogen-bond donors (Lipinski definition) is 1. The molecule has 1 saturated heterocycles. The first kappa shape index (κ1) is 17.1. The van der Waals surface area contributed by atoms with E-state index in [1.807, 2.05) is 30.3 Å². The lowest BCUT2D eigenvalue weighted by Gasteiger charge is -2.17. The average molecular weight is 345 g/mol. The molecule has 3 rings (SSSR count). The third-order valence-corrected chi connectivity index (χ3v) is 4.54. The van der Waals surface area contributed by atoms with E-state index in [4.69, 9.17) is 0 Å². The third-order valence-electron chi connectivity index (χ3n) is 4.54. The zero-order valence-electron chi connectivity index (χ0n) is 13.3. The Bertz CT molecular complexity index is 779. The van der Waals surface area contributed by atoms with Crippen molar-refractivity contribution in [2.75, 3.05) is 13.1 Å². The second-order valence-corrected chi connectivity index (χ2v) is 6.10. The van der Waals surface area contributed by atoms with E-state index >= 15 is 0 Å². The molecule has 25 heavy (non-hydrogen) atoms. The Kier molecular flexibility index (Phi) is 4.79. The summed E-state index contributed by atoms with van der Waals surface area (Å²) in [6, 6.07) is 14.5. The molecule has 0 saturated carbocycles. The van der Waals surface area contributed by atoms with Gasteiger partial charge in [0.05, 0.1) is 5.92 Å². The summed E-state index contributed by atoms with van der Waals surface area (Å²) in [6.45, 7) is 0.311. The van der Waals surface area contributed by atoms with Gasteiger partial charge in [-0.2, -0.15) is 0 Å². The van der Waals surface area contributed by atoms with Crippen LogP contribution in [-0.2, 0) is 4.79 Å². The van der Waals surface area contributed by atoms with Crippen LogP contribution in [0, 0.1) is 5.92 Å². The minimum Gasteiger partial charge on any atom is -0.481 e. The Balaban J connectivity index is 1.85. The largest absolute Gasteiger partial charge is 0.481 e. The molecule has 1 aliphatic heterocycles. The lowest BCUT2D eigenvalue weighted by atomic mass is 9.89.